The van der Waals surface area contributed by atoms with Crippen LogP contribution in [-0.4, -0.2) is 44.0 Å². The molecule has 0 bridgehead atoms. The highest BCUT2D eigenvalue weighted by molar-refractivity contribution is 8.18. The van der Waals surface area contributed by atoms with Crippen LogP contribution in [0.3, 0.4) is 0 Å². The molecule has 2 aromatic rings. The summed E-state index contributed by atoms with van der Waals surface area (Å²) in [4.78, 5) is 19.2. The Morgan fingerprint density at radius 3 is 2.70 bits per heavy atom. The number of halogens is 1. The first kappa shape index (κ1) is 20.4. The molecule has 0 unspecified atom stereocenters. The van der Waals surface area contributed by atoms with Gasteiger partial charge in [-0.25, -0.2) is 9.38 Å². The number of aliphatic imine (C=N–C) groups is 1. The Bertz CT molecular complexity index is 986. The first-order chi connectivity index (χ1) is 14.6. The molecule has 2 saturated heterocycles. The lowest BCUT2D eigenvalue weighted by molar-refractivity contribution is -0.115. The Morgan fingerprint density at radius 2 is 2.00 bits per heavy atom. The molecule has 2 aliphatic heterocycles. The summed E-state index contributed by atoms with van der Waals surface area (Å²) in [5.74, 6) is 0.216. The van der Waals surface area contributed by atoms with Gasteiger partial charge in [0.05, 0.1) is 36.1 Å². The monoisotopic (exact) mass is 427 g/mol. The lowest BCUT2D eigenvalue weighted by Gasteiger charge is -2.29. The fraction of sp³-hybridized carbons (Fsp3) is 0.273. The minimum atomic E-state index is -0.307. The van der Waals surface area contributed by atoms with Crippen molar-refractivity contribution in [2.24, 2.45) is 4.99 Å². The summed E-state index contributed by atoms with van der Waals surface area (Å²) in [6.07, 6.45) is 1.67. The van der Waals surface area contributed by atoms with E-state index in [1.54, 1.807) is 12.1 Å². The molecule has 2 heterocycles. The van der Waals surface area contributed by atoms with Crippen LogP contribution in [0.5, 0.6) is 5.75 Å². The minimum Gasteiger partial charge on any atom is -0.494 e. The molecule has 0 saturated carbocycles. The molecule has 0 aliphatic carbocycles. The van der Waals surface area contributed by atoms with Crippen LogP contribution in [-0.2, 0) is 9.53 Å². The number of nitrogens with zero attached hydrogens (tertiary/aromatic N) is 2. The van der Waals surface area contributed by atoms with Gasteiger partial charge in [-0.1, -0.05) is 6.07 Å². The lowest BCUT2D eigenvalue weighted by Crippen LogP contribution is -2.36. The zero-order chi connectivity index (χ0) is 20.9. The average Bonchev–Trinajstić information content (AvgIpc) is 3.09. The summed E-state index contributed by atoms with van der Waals surface area (Å²) in [7, 11) is 0. The van der Waals surface area contributed by atoms with Crippen molar-refractivity contribution in [3.05, 3.63) is 58.8 Å². The minimum absolute atomic E-state index is 0.248. The summed E-state index contributed by atoms with van der Waals surface area (Å²) in [6.45, 7) is 5.05. The summed E-state index contributed by atoms with van der Waals surface area (Å²) in [5.41, 5.74) is 1.90. The summed E-state index contributed by atoms with van der Waals surface area (Å²) < 4.78 is 25.3. The lowest BCUT2D eigenvalue weighted by atomic mass is 10.1. The number of amidine groups is 1. The number of ether oxygens (including phenoxy) is 2. The van der Waals surface area contributed by atoms with Crippen molar-refractivity contribution in [2.75, 3.05) is 37.8 Å². The van der Waals surface area contributed by atoms with Crippen LogP contribution >= 0.6 is 11.8 Å². The van der Waals surface area contributed by atoms with Gasteiger partial charge in [0, 0.05) is 13.1 Å². The third-order valence-electron chi connectivity index (χ3n) is 4.65. The second-order valence-corrected chi connectivity index (χ2v) is 7.75. The van der Waals surface area contributed by atoms with Crippen molar-refractivity contribution in [1.82, 2.24) is 5.32 Å². The molecule has 8 heteroatoms. The van der Waals surface area contributed by atoms with Crippen LogP contribution in [0.15, 0.2) is 52.4 Å². The van der Waals surface area contributed by atoms with E-state index in [9.17, 15) is 9.18 Å². The molecular weight excluding hydrogens is 405 g/mol. The van der Waals surface area contributed by atoms with Gasteiger partial charge in [-0.15, -0.1) is 0 Å². The smallest absolute Gasteiger partial charge is 0.264 e. The van der Waals surface area contributed by atoms with Crippen LogP contribution < -0.4 is 15.0 Å². The number of morpholine rings is 1. The molecule has 0 spiro atoms. The van der Waals surface area contributed by atoms with E-state index in [4.69, 9.17) is 9.47 Å². The number of thioether (sulfide) groups is 1. The third kappa shape index (κ3) is 4.83. The normalized spacial score (nSPS) is 19.4. The zero-order valence-corrected chi connectivity index (χ0v) is 17.4. The van der Waals surface area contributed by atoms with E-state index in [0.29, 0.717) is 59.9 Å². The van der Waals surface area contributed by atoms with Crippen LogP contribution in [0.4, 0.5) is 15.8 Å². The van der Waals surface area contributed by atoms with E-state index in [-0.39, 0.29) is 11.7 Å². The Labute approximate surface area is 178 Å². The van der Waals surface area contributed by atoms with Gasteiger partial charge in [-0.2, -0.15) is 0 Å². The molecule has 4 rings (SSSR count). The topological polar surface area (TPSA) is 63.2 Å². The van der Waals surface area contributed by atoms with Gasteiger partial charge in [0.25, 0.3) is 5.91 Å². The second kappa shape index (κ2) is 9.32. The van der Waals surface area contributed by atoms with Gasteiger partial charge >= 0.3 is 0 Å². The molecule has 6 nitrogen and oxygen atoms in total. The Balaban J connectivity index is 1.47. The molecule has 30 heavy (non-hydrogen) atoms. The van der Waals surface area contributed by atoms with Crippen molar-refractivity contribution in [1.29, 1.82) is 0 Å². The maximum atomic E-state index is 14.6. The van der Waals surface area contributed by atoms with Gasteiger partial charge in [-0.05, 0) is 66.7 Å². The van der Waals surface area contributed by atoms with Gasteiger partial charge in [0.2, 0.25) is 0 Å². The van der Waals surface area contributed by atoms with Gasteiger partial charge in [0.1, 0.15) is 11.6 Å². The van der Waals surface area contributed by atoms with Crippen LogP contribution in [0.1, 0.15) is 12.5 Å². The molecule has 156 valence electrons. The fourth-order valence-electron chi connectivity index (χ4n) is 3.21. The van der Waals surface area contributed by atoms with Crippen molar-refractivity contribution in [3.8, 4) is 5.75 Å². The Morgan fingerprint density at radius 1 is 1.23 bits per heavy atom. The first-order valence-electron chi connectivity index (χ1n) is 9.77. The maximum absolute atomic E-state index is 14.6. The summed E-state index contributed by atoms with van der Waals surface area (Å²) in [6, 6.07) is 12.3. The maximum Gasteiger partial charge on any atom is 0.264 e. The van der Waals surface area contributed by atoms with E-state index in [2.05, 4.69) is 10.3 Å². The zero-order valence-electron chi connectivity index (χ0n) is 16.6. The number of carbonyl (C=O) groups is 1. The number of hydrogen-bond acceptors (Lipinski definition) is 6. The highest BCUT2D eigenvalue weighted by Gasteiger charge is 2.24. The number of rotatable bonds is 5. The van der Waals surface area contributed by atoms with E-state index in [0.717, 1.165) is 5.75 Å². The van der Waals surface area contributed by atoms with E-state index >= 15 is 0 Å². The standard InChI is InChI=1S/C22H22FN3O3S/c1-2-29-17-6-4-16(5-7-17)24-22-25-21(27)20(30-22)14-15-3-8-19(18(23)13-15)26-9-11-28-12-10-26/h3-8,13-14H,2,9-12H2,1H3,(H,24,25,27)/b20-14-. The van der Waals surface area contributed by atoms with Crippen molar-refractivity contribution >= 4 is 40.3 Å². The highest BCUT2D eigenvalue weighted by atomic mass is 32.2. The molecule has 2 fully saturated rings. The largest absolute Gasteiger partial charge is 0.494 e. The molecule has 1 amide bonds. The van der Waals surface area contributed by atoms with Gasteiger partial charge < -0.3 is 19.7 Å². The highest BCUT2D eigenvalue weighted by Crippen LogP contribution is 2.30. The van der Waals surface area contributed by atoms with Gasteiger partial charge in [-0.3, -0.25) is 4.79 Å². The number of anilines is 1. The first-order valence-corrected chi connectivity index (χ1v) is 10.6. The molecule has 0 atom stereocenters. The summed E-state index contributed by atoms with van der Waals surface area (Å²) in [5, 5.41) is 3.24. The molecule has 2 aliphatic rings. The van der Waals surface area contributed by atoms with E-state index < -0.39 is 0 Å². The van der Waals surface area contributed by atoms with E-state index in [1.807, 2.05) is 42.2 Å². The second-order valence-electron chi connectivity index (χ2n) is 6.72. The average molecular weight is 428 g/mol. The SMILES string of the molecule is CCOc1ccc(N=C2NC(=O)/C(=C/c3ccc(N4CCOCC4)c(F)c3)S2)cc1. The number of nitrogens with one attached hydrogen (secondary N) is 1. The molecule has 0 aromatic heterocycles. The van der Waals surface area contributed by atoms with Crippen LogP contribution in [0.25, 0.3) is 6.08 Å². The van der Waals surface area contributed by atoms with Gasteiger partial charge in [0.15, 0.2) is 5.17 Å². The molecule has 1 N–H and O–H groups in total. The van der Waals surface area contributed by atoms with Crippen molar-refractivity contribution < 1.29 is 18.7 Å². The van der Waals surface area contributed by atoms with Crippen molar-refractivity contribution in [2.45, 2.75) is 6.92 Å². The van der Waals surface area contributed by atoms with Crippen LogP contribution in [0.2, 0.25) is 0 Å². The number of benzene rings is 2. The Kier molecular flexibility index (Phi) is 6.35. The Hall–Kier alpha value is -2.84. The van der Waals surface area contributed by atoms with Crippen molar-refractivity contribution in [3.63, 3.8) is 0 Å². The number of carbonyl (C=O) groups excluding carboxylic acids is 1. The molecule has 0 radical (unpaired) electrons. The number of hydrogen-bond donors (Lipinski definition) is 1. The fourth-order valence-corrected chi connectivity index (χ4v) is 4.05. The predicted molar refractivity (Wildman–Crippen MR) is 118 cm³/mol. The summed E-state index contributed by atoms with van der Waals surface area (Å²) >= 11 is 1.23. The molecular formula is C22H22FN3O3S. The number of amides is 1. The predicted octanol–water partition coefficient (Wildman–Crippen LogP) is 3.95. The van der Waals surface area contributed by atoms with E-state index in [1.165, 1.54) is 17.8 Å². The molecule has 2 aromatic carbocycles. The van der Waals surface area contributed by atoms with Crippen LogP contribution in [0, 0.1) is 5.82 Å². The quantitative estimate of drug-likeness (QED) is 0.732. The third-order valence-corrected chi connectivity index (χ3v) is 5.56.